The third-order valence-electron chi connectivity index (χ3n) is 3.30. The average molecular weight is 266 g/mol. The summed E-state index contributed by atoms with van der Waals surface area (Å²) >= 11 is 0. The summed E-state index contributed by atoms with van der Waals surface area (Å²) in [5.74, 6) is -2.57. The van der Waals surface area contributed by atoms with Crippen LogP contribution in [0.4, 0.5) is 4.39 Å². The van der Waals surface area contributed by atoms with Gasteiger partial charge in [0.1, 0.15) is 0 Å². The van der Waals surface area contributed by atoms with Crippen molar-refractivity contribution >= 4 is 11.9 Å². The van der Waals surface area contributed by atoms with E-state index >= 15 is 0 Å². The van der Waals surface area contributed by atoms with Crippen molar-refractivity contribution in [3.8, 4) is 0 Å². The van der Waals surface area contributed by atoms with Crippen molar-refractivity contribution in [2.24, 2.45) is 11.8 Å². The molecule has 1 aromatic heterocycles. The Bertz CT molecular complexity index is 506. The fourth-order valence-corrected chi connectivity index (χ4v) is 2.42. The molecular weight excluding hydrogens is 251 g/mol. The first-order chi connectivity index (χ1) is 8.99. The van der Waals surface area contributed by atoms with E-state index < -0.39 is 23.6 Å². The number of aromatic nitrogens is 1. The highest BCUT2D eigenvalue weighted by atomic mass is 19.1. The Balaban J connectivity index is 2.19. The van der Waals surface area contributed by atoms with Crippen LogP contribution in [-0.2, 0) is 4.79 Å². The van der Waals surface area contributed by atoms with Gasteiger partial charge >= 0.3 is 5.97 Å². The number of amides is 1. The lowest BCUT2D eigenvalue weighted by Crippen LogP contribution is -2.45. The topological polar surface area (TPSA) is 70.5 Å². The molecule has 1 aliphatic rings. The number of carboxylic acids is 1. The first-order valence-electron chi connectivity index (χ1n) is 6.10. The Labute approximate surface area is 110 Å². The van der Waals surface area contributed by atoms with Gasteiger partial charge in [-0.1, -0.05) is 6.92 Å². The molecule has 0 radical (unpaired) electrons. The van der Waals surface area contributed by atoms with Crippen LogP contribution in [0.2, 0.25) is 0 Å². The Morgan fingerprint density at radius 2 is 2.21 bits per heavy atom. The van der Waals surface area contributed by atoms with Crippen LogP contribution in [0.5, 0.6) is 0 Å². The average Bonchev–Trinajstić information content (AvgIpc) is 2.37. The molecule has 1 aromatic rings. The lowest BCUT2D eigenvalue weighted by molar-refractivity contribution is -0.143. The molecule has 1 aliphatic heterocycles. The van der Waals surface area contributed by atoms with Crippen molar-refractivity contribution < 1.29 is 19.1 Å². The van der Waals surface area contributed by atoms with Crippen LogP contribution < -0.4 is 0 Å². The first-order valence-corrected chi connectivity index (χ1v) is 6.10. The molecule has 2 unspecified atom stereocenters. The maximum absolute atomic E-state index is 13.5. The SMILES string of the molecule is CC1CC(C(=O)O)CN(C(=O)c2ccncc2F)C1. The van der Waals surface area contributed by atoms with Gasteiger partial charge in [0.25, 0.3) is 5.91 Å². The summed E-state index contributed by atoms with van der Waals surface area (Å²) in [7, 11) is 0. The van der Waals surface area contributed by atoms with Gasteiger partial charge in [0.05, 0.1) is 17.7 Å². The first kappa shape index (κ1) is 13.5. The maximum Gasteiger partial charge on any atom is 0.308 e. The van der Waals surface area contributed by atoms with E-state index in [9.17, 15) is 14.0 Å². The molecule has 5 nitrogen and oxygen atoms in total. The molecule has 1 fully saturated rings. The zero-order chi connectivity index (χ0) is 14.0. The van der Waals surface area contributed by atoms with Gasteiger partial charge in [0.2, 0.25) is 0 Å². The molecular formula is C13H15FN2O3. The molecule has 6 heteroatoms. The second kappa shape index (κ2) is 5.34. The fourth-order valence-electron chi connectivity index (χ4n) is 2.42. The number of carbonyl (C=O) groups excluding carboxylic acids is 1. The molecule has 0 aliphatic carbocycles. The number of nitrogens with zero attached hydrogens (tertiary/aromatic N) is 2. The van der Waals surface area contributed by atoms with Crippen molar-refractivity contribution in [1.82, 2.24) is 9.88 Å². The number of hydrogen-bond acceptors (Lipinski definition) is 3. The van der Waals surface area contributed by atoms with Crippen LogP contribution in [0.25, 0.3) is 0 Å². The summed E-state index contributed by atoms with van der Waals surface area (Å²) in [4.78, 5) is 28.2. The van der Waals surface area contributed by atoms with Crippen molar-refractivity contribution in [2.75, 3.05) is 13.1 Å². The lowest BCUT2D eigenvalue weighted by atomic mass is 9.90. The Morgan fingerprint density at radius 1 is 1.47 bits per heavy atom. The minimum Gasteiger partial charge on any atom is -0.481 e. The zero-order valence-electron chi connectivity index (χ0n) is 10.5. The van der Waals surface area contributed by atoms with Crippen LogP contribution in [0.1, 0.15) is 23.7 Å². The van der Waals surface area contributed by atoms with E-state index in [2.05, 4.69) is 4.98 Å². The van der Waals surface area contributed by atoms with Gasteiger partial charge in [-0.15, -0.1) is 0 Å². The van der Waals surface area contributed by atoms with E-state index in [1.54, 1.807) is 0 Å². The number of halogens is 1. The van der Waals surface area contributed by atoms with E-state index in [-0.39, 0.29) is 18.0 Å². The van der Waals surface area contributed by atoms with E-state index in [1.165, 1.54) is 17.2 Å². The second-order valence-electron chi connectivity index (χ2n) is 4.94. The summed E-state index contributed by atoms with van der Waals surface area (Å²) in [5, 5.41) is 9.06. The number of piperidine rings is 1. The Kier molecular flexibility index (Phi) is 3.78. The molecule has 2 heterocycles. The number of carbonyl (C=O) groups is 2. The van der Waals surface area contributed by atoms with Crippen molar-refractivity contribution in [3.63, 3.8) is 0 Å². The number of aliphatic carboxylic acids is 1. The van der Waals surface area contributed by atoms with E-state index in [1.807, 2.05) is 6.92 Å². The van der Waals surface area contributed by atoms with Crippen molar-refractivity contribution in [2.45, 2.75) is 13.3 Å². The summed E-state index contributed by atoms with van der Waals surface area (Å²) in [6, 6.07) is 1.31. The zero-order valence-corrected chi connectivity index (χ0v) is 10.5. The van der Waals surface area contributed by atoms with Crippen molar-refractivity contribution in [3.05, 3.63) is 29.8 Å². The molecule has 1 N–H and O–H groups in total. The summed E-state index contributed by atoms with van der Waals surface area (Å²) < 4.78 is 13.5. The van der Waals surface area contributed by atoms with Gasteiger partial charge in [0, 0.05) is 19.3 Å². The largest absolute Gasteiger partial charge is 0.481 e. The minimum atomic E-state index is -0.917. The number of rotatable bonds is 2. The predicted molar refractivity (Wildman–Crippen MR) is 65.0 cm³/mol. The number of pyridine rings is 1. The van der Waals surface area contributed by atoms with Crippen LogP contribution in [0.3, 0.4) is 0 Å². The van der Waals surface area contributed by atoms with Crippen LogP contribution in [-0.4, -0.2) is 40.0 Å². The van der Waals surface area contributed by atoms with Gasteiger partial charge < -0.3 is 10.0 Å². The normalized spacial score (nSPS) is 23.2. The van der Waals surface area contributed by atoms with Crippen LogP contribution in [0, 0.1) is 17.7 Å². The second-order valence-corrected chi connectivity index (χ2v) is 4.94. The van der Waals surface area contributed by atoms with E-state index in [0.29, 0.717) is 13.0 Å². The highest BCUT2D eigenvalue weighted by molar-refractivity contribution is 5.94. The molecule has 0 saturated carbocycles. The highest BCUT2D eigenvalue weighted by Crippen LogP contribution is 2.23. The molecule has 0 bridgehead atoms. The predicted octanol–water partition coefficient (Wildman–Crippen LogP) is 1.40. The van der Waals surface area contributed by atoms with Gasteiger partial charge in [-0.05, 0) is 18.4 Å². The Morgan fingerprint density at radius 3 is 2.84 bits per heavy atom. The standard InChI is InChI=1S/C13H15FN2O3/c1-8-4-9(13(18)19)7-16(6-8)12(17)10-2-3-15-5-11(10)14/h2-3,5,8-9H,4,6-7H2,1H3,(H,18,19). The fraction of sp³-hybridized carbons (Fsp3) is 0.462. The molecule has 2 atom stereocenters. The molecule has 1 saturated heterocycles. The quantitative estimate of drug-likeness (QED) is 0.878. The Hall–Kier alpha value is -1.98. The number of hydrogen-bond donors (Lipinski definition) is 1. The molecule has 102 valence electrons. The molecule has 0 aromatic carbocycles. The number of likely N-dealkylation sites (tertiary alicyclic amines) is 1. The maximum atomic E-state index is 13.5. The molecule has 19 heavy (non-hydrogen) atoms. The summed E-state index contributed by atoms with van der Waals surface area (Å²) in [6.07, 6.45) is 2.87. The van der Waals surface area contributed by atoms with Gasteiger partial charge in [0.15, 0.2) is 5.82 Å². The third kappa shape index (κ3) is 2.89. The minimum absolute atomic E-state index is 0.0618. The third-order valence-corrected chi connectivity index (χ3v) is 3.30. The van der Waals surface area contributed by atoms with Gasteiger partial charge in [-0.25, -0.2) is 4.39 Å². The van der Waals surface area contributed by atoms with E-state index in [4.69, 9.17) is 5.11 Å². The van der Waals surface area contributed by atoms with Crippen LogP contribution in [0.15, 0.2) is 18.5 Å². The number of carboxylic acid groups (broad SMARTS) is 1. The molecule has 2 rings (SSSR count). The van der Waals surface area contributed by atoms with Crippen LogP contribution >= 0.6 is 0 Å². The van der Waals surface area contributed by atoms with Crippen molar-refractivity contribution in [1.29, 1.82) is 0 Å². The highest BCUT2D eigenvalue weighted by Gasteiger charge is 2.32. The summed E-state index contributed by atoms with van der Waals surface area (Å²) in [5.41, 5.74) is -0.0618. The molecule has 0 spiro atoms. The van der Waals surface area contributed by atoms with E-state index in [0.717, 1.165) is 6.20 Å². The van der Waals surface area contributed by atoms with Gasteiger partial charge in [-0.2, -0.15) is 0 Å². The lowest BCUT2D eigenvalue weighted by Gasteiger charge is -2.34. The monoisotopic (exact) mass is 266 g/mol. The molecule has 1 amide bonds. The van der Waals surface area contributed by atoms with Gasteiger partial charge in [-0.3, -0.25) is 14.6 Å². The summed E-state index contributed by atoms with van der Waals surface area (Å²) in [6.45, 7) is 2.46. The smallest absolute Gasteiger partial charge is 0.308 e.